The molecule has 1 aromatic carbocycles. The number of carbonyl (C=O) groups excluding carboxylic acids is 1. The molecule has 1 heteroatoms. The molecule has 0 spiro atoms. The molecule has 0 unspecified atom stereocenters. The van der Waals surface area contributed by atoms with E-state index in [0.29, 0.717) is 18.6 Å². The van der Waals surface area contributed by atoms with Gasteiger partial charge in [-0.1, -0.05) is 56.3 Å². The van der Waals surface area contributed by atoms with Crippen LogP contribution in [0.25, 0.3) is 6.08 Å². The topological polar surface area (TPSA) is 17.1 Å². The third-order valence-corrected chi connectivity index (χ3v) is 1.95. The number of carbonyl (C=O) groups is 1. The number of hydrogen-bond acceptors (Lipinski definition) is 1. The maximum atomic E-state index is 10.2. The summed E-state index contributed by atoms with van der Waals surface area (Å²) in [5, 5.41) is 0. The number of allylic oxidation sites excluding steroid dienone is 1. The van der Waals surface area contributed by atoms with Gasteiger partial charge < -0.3 is 0 Å². The van der Waals surface area contributed by atoms with Crippen molar-refractivity contribution in [3.63, 3.8) is 0 Å². The second kappa shape index (κ2) is 9.20. The summed E-state index contributed by atoms with van der Waals surface area (Å²) in [7, 11) is 0. The van der Waals surface area contributed by atoms with Crippen LogP contribution in [-0.2, 0) is 4.79 Å². The van der Waals surface area contributed by atoms with E-state index in [-0.39, 0.29) is 0 Å². The molecule has 0 aromatic heterocycles. The van der Waals surface area contributed by atoms with Gasteiger partial charge in [0, 0.05) is 12.8 Å². The molecule has 0 aliphatic heterocycles. The fourth-order valence-corrected chi connectivity index (χ4v) is 1.01. The van der Waals surface area contributed by atoms with Crippen molar-refractivity contribution in [3.05, 3.63) is 42.0 Å². The van der Waals surface area contributed by atoms with Crippen molar-refractivity contribution in [1.29, 1.82) is 0 Å². The number of Topliss-reactive ketones (excluding diaryl/α,β-unsaturated/α-hetero) is 1. The van der Waals surface area contributed by atoms with Gasteiger partial charge in [-0.15, -0.1) is 0 Å². The van der Waals surface area contributed by atoms with Crippen molar-refractivity contribution in [1.82, 2.24) is 0 Å². The lowest BCUT2D eigenvalue weighted by atomic mass is 10.2. The Morgan fingerprint density at radius 2 is 1.67 bits per heavy atom. The highest BCUT2D eigenvalue weighted by Crippen LogP contribution is 1.99. The van der Waals surface area contributed by atoms with Gasteiger partial charge in [0.2, 0.25) is 0 Å². The standard InChI is InChI=1S/C9H10.C5H10O/c1-2-6-9-7-4-3-5-8-9;1-3-5(6)4-2/h2-8H,1H3;3-4H2,1-2H3. The van der Waals surface area contributed by atoms with Crippen LogP contribution in [-0.4, -0.2) is 5.78 Å². The summed E-state index contributed by atoms with van der Waals surface area (Å²) in [6.07, 6.45) is 5.50. The molecule has 0 amide bonds. The van der Waals surface area contributed by atoms with Gasteiger partial charge in [-0.25, -0.2) is 0 Å². The summed E-state index contributed by atoms with van der Waals surface area (Å²) in [5.41, 5.74) is 1.26. The smallest absolute Gasteiger partial charge is 0.132 e. The molecule has 0 atom stereocenters. The summed E-state index contributed by atoms with van der Waals surface area (Å²) in [6.45, 7) is 5.78. The average molecular weight is 204 g/mol. The first-order valence-electron chi connectivity index (χ1n) is 5.44. The predicted molar refractivity (Wildman–Crippen MR) is 66.7 cm³/mol. The van der Waals surface area contributed by atoms with Crippen molar-refractivity contribution in [2.75, 3.05) is 0 Å². The van der Waals surface area contributed by atoms with Crippen LogP contribution in [0.1, 0.15) is 39.2 Å². The highest BCUT2D eigenvalue weighted by atomic mass is 16.1. The van der Waals surface area contributed by atoms with E-state index in [1.807, 2.05) is 45.0 Å². The minimum absolute atomic E-state index is 0.343. The summed E-state index contributed by atoms with van der Waals surface area (Å²) in [5.74, 6) is 0.343. The third-order valence-electron chi connectivity index (χ3n) is 1.95. The Hall–Kier alpha value is -1.37. The van der Waals surface area contributed by atoms with Crippen molar-refractivity contribution in [3.8, 4) is 0 Å². The number of rotatable bonds is 3. The normalized spacial score (nSPS) is 9.53. The molecule has 1 rings (SSSR count). The Balaban J connectivity index is 0.000000288. The zero-order valence-electron chi connectivity index (χ0n) is 9.86. The lowest BCUT2D eigenvalue weighted by Gasteiger charge is -1.86. The number of ketones is 1. The van der Waals surface area contributed by atoms with Crippen LogP contribution >= 0.6 is 0 Å². The number of hydrogen-bond donors (Lipinski definition) is 0. The van der Waals surface area contributed by atoms with Crippen molar-refractivity contribution in [2.24, 2.45) is 0 Å². The van der Waals surface area contributed by atoms with Gasteiger partial charge >= 0.3 is 0 Å². The first-order valence-corrected chi connectivity index (χ1v) is 5.44. The maximum absolute atomic E-state index is 10.2. The highest BCUT2D eigenvalue weighted by molar-refractivity contribution is 5.77. The van der Waals surface area contributed by atoms with Gasteiger partial charge in [-0.05, 0) is 12.5 Å². The van der Waals surface area contributed by atoms with E-state index in [1.165, 1.54) is 5.56 Å². The summed E-state index contributed by atoms with van der Waals surface area (Å²) >= 11 is 0. The van der Waals surface area contributed by atoms with Crippen molar-refractivity contribution < 1.29 is 4.79 Å². The fourth-order valence-electron chi connectivity index (χ4n) is 1.01. The van der Waals surface area contributed by atoms with E-state index in [1.54, 1.807) is 0 Å². The molecule has 0 heterocycles. The average Bonchev–Trinajstić information content (AvgIpc) is 2.31. The largest absolute Gasteiger partial charge is 0.300 e. The van der Waals surface area contributed by atoms with E-state index < -0.39 is 0 Å². The molecule has 0 radical (unpaired) electrons. The molecular formula is C14H20O. The molecule has 1 aromatic rings. The van der Waals surface area contributed by atoms with E-state index in [2.05, 4.69) is 18.2 Å². The molecule has 1 nitrogen and oxygen atoms in total. The Kier molecular flexibility index (Phi) is 8.36. The van der Waals surface area contributed by atoms with Crippen LogP contribution in [0.2, 0.25) is 0 Å². The minimum atomic E-state index is 0.343. The van der Waals surface area contributed by atoms with Gasteiger partial charge in [-0.3, -0.25) is 4.79 Å². The lowest BCUT2D eigenvalue weighted by molar-refractivity contribution is -0.118. The zero-order valence-corrected chi connectivity index (χ0v) is 9.86. The highest BCUT2D eigenvalue weighted by Gasteiger charge is 1.86. The SMILES string of the molecule is CC=Cc1ccccc1.CCC(=O)CC. The Morgan fingerprint density at radius 3 is 2.00 bits per heavy atom. The van der Waals surface area contributed by atoms with Crippen LogP contribution in [0.5, 0.6) is 0 Å². The number of benzene rings is 1. The van der Waals surface area contributed by atoms with Gasteiger partial charge in [0.25, 0.3) is 0 Å². The molecule has 0 saturated heterocycles. The van der Waals surface area contributed by atoms with Gasteiger partial charge in [0.05, 0.1) is 0 Å². The zero-order chi connectivity index (χ0) is 11.5. The molecule has 0 bridgehead atoms. The van der Waals surface area contributed by atoms with Gasteiger partial charge in [0.15, 0.2) is 0 Å². The van der Waals surface area contributed by atoms with Crippen LogP contribution in [0.3, 0.4) is 0 Å². The summed E-state index contributed by atoms with van der Waals surface area (Å²) in [4.78, 5) is 10.2. The predicted octanol–water partition coefficient (Wildman–Crippen LogP) is 4.10. The fraction of sp³-hybridized carbons (Fsp3) is 0.357. The summed E-state index contributed by atoms with van der Waals surface area (Å²) in [6, 6.07) is 10.3. The van der Waals surface area contributed by atoms with Crippen LogP contribution in [0.4, 0.5) is 0 Å². The quantitative estimate of drug-likeness (QED) is 0.724. The molecule has 15 heavy (non-hydrogen) atoms. The molecular weight excluding hydrogens is 184 g/mol. The Morgan fingerprint density at radius 1 is 1.13 bits per heavy atom. The lowest BCUT2D eigenvalue weighted by Crippen LogP contribution is -1.88. The van der Waals surface area contributed by atoms with Crippen LogP contribution in [0.15, 0.2) is 36.4 Å². The Labute approximate surface area is 92.8 Å². The van der Waals surface area contributed by atoms with Gasteiger partial charge in [-0.2, -0.15) is 0 Å². The molecule has 0 fully saturated rings. The maximum Gasteiger partial charge on any atom is 0.132 e. The molecule has 0 N–H and O–H groups in total. The van der Waals surface area contributed by atoms with Gasteiger partial charge in [0.1, 0.15) is 5.78 Å². The summed E-state index contributed by atoms with van der Waals surface area (Å²) < 4.78 is 0. The van der Waals surface area contributed by atoms with Crippen LogP contribution in [0, 0.1) is 0 Å². The monoisotopic (exact) mass is 204 g/mol. The molecule has 82 valence electrons. The third kappa shape index (κ3) is 7.68. The second-order valence-corrected chi connectivity index (χ2v) is 3.16. The first kappa shape index (κ1) is 13.6. The second-order valence-electron chi connectivity index (χ2n) is 3.16. The van der Waals surface area contributed by atoms with E-state index in [9.17, 15) is 4.79 Å². The van der Waals surface area contributed by atoms with Crippen LogP contribution < -0.4 is 0 Å². The van der Waals surface area contributed by atoms with Crippen molar-refractivity contribution >= 4 is 11.9 Å². The van der Waals surface area contributed by atoms with E-state index >= 15 is 0 Å². The molecule has 0 aliphatic carbocycles. The van der Waals surface area contributed by atoms with E-state index in [4.69, 9.17) is 0 Å². The minimum Gasteiger partial charge on any atom is -0.300 e. The van der Waals surface area contributed by atoms with E-state index in [0.717, 1.165) is 0 Å². The first-order chi connectivity index (χ1) is 7.24. The molecule has 0 aliphatic rings. The van der Waals surface area contributed by atoms with Crippen molar-refractivity contribution in [2.45, 2.75) is 33.6 Å². The Bertz CT molecular complexity index is 279. The molecule has 0 saturated carbocycles.